The van der Waals surface area contributed by atoms with E-state index in [9.17, 15) is 25.2 Å². The summed E-state index contributed by atoms with van der Waals surface area (Å²) < 4.78 is 22.4. The van der Waals surface area contributed by atoms with E-state index in [1.807, 2.05) is 0 Å². The van der Waals surface area contributed by atoms with Gasteiger partial charge < -0.3 is 39.4 Å². The minimum absolute atomic E-state index is 0.115. The van der Waals surface area contributed by atoms with E-state index >= 15 is 0 Å². The molecule has 1 aliphatic rings. The first-order valence-electron chi connectivity index (χ1n) is 15.3. The molecule has 1 fully saturated rings. The molecule has 9 heteroatoms. The van der Waals surface area contributed by atoms with Crippen LogP contribution in [0.25, 0.3) is 0 Å². The SMILES string of the molecule is CCCC/C=C\CCCCCCCCOCC(COC1OC(CO)C(O)C(O)C1O)OC(=O)CCCCCC. The third kappa shape index (κ3) is 16.7. The van der Waals surface area contributed by atoms with Crippen LogP contribution in [-0.4, -0.2) is 89.6 Å². The first-order chi connectivity index (χ1) is 18.9. The highest BCUT2D eigenvalue weighted by Gasteiger charge is 2.44. The van der Waals surface area contributed by atoms with Gasteiger partial charge in [-0.15, -0.1) is 0 Å². The van der Waals surface area contributed by atoms with Crippen LogP contribution in [-0.2, 0) is 23.7 Å². The van der Waals surface area contributed by atoms with Gasteiger partial charge in [0.25, 0.3) is 0 Å². The van der Waals surface area contributed by atoms with Crippen LogP contribution < -0.4 is 0 Å². The smallest absolute Gasteiger partial charge is 0.306 e. The van der Waals surface area contributed by atoms with Gasteiger partial charge in [0.15, 0.2) is 6.29 Å². The molecule has 0 aromatic rings. The summed E-state index contributed by atoms with van der Waals surface area (Å²) in [4.78, 5) is 12.3. The number of hydrogen-bond acceptors (Lipinski definition) is 9. The normalized spacial score (nSPS) is 24.3. The number of rotatable bonds is 24. The van der Waals surface area contributed by atoms with Crippen LogP contribution in [0, 0.1) is 0 Å². The lowest BCUT2D eigenvalue weighted by Gasteiger charge is -2.39. The first kappa shape index (κ1) is 36.0. The maximum absolute atomic E-state index is 12.3. The molecule has 0 radical (unpaired) electrons. The molecule has 0 aromatic heterocycles. The van der Waals surface area contributed by atoms with E-state index in [4.69, 9.17) is 18.9 Å². The fourth-order valence-electron chi connectivity index (χ4n) is 4.41. The summed E-state index contributed by atoms with van der Waals surface area (Å²) >= 11 is 0. The summed E-state index contributed by atoms with van der Waals surface area (Å²) in [6.45, 7) is 4.35. The van der Waals surface area contributed by atoms with Gasteiger partial charge in [-0.1, -0.05) is 83.8 Å². The van der Waals surface area contributed by atoms with Gasteiger partial charge in [-0.3, -0.25) is 4.79 Å². The van der Waals surface area contributed by atoms with Crippen molar-refractivity contribution >= 4 is 5.97 Å². The Balaban J connectivity index is 2.35. The summed E-state index contributed by atoms with van der Waals surface area (Å²) in [5, 5.41) is 39.5. The highest BCUT2D eigenvalue weighted by atomic mass is 16.7. The van der Waals surface area contributed by atoms with Crippen molar-refractivity contribution in [2.75, 3.05) is 26.4 Å². The van der Waals surface area contributed by atoms with E-state index in [1.165, 1.54) is 44.9 Å². The molecule has 0 saturated carbocycles. The zero-order valence-corrected chi connectivity index (χ0v) is 24.4. The fraction of sp³-hybridized carbons (Fsp3) is 0.900. The molecule has 6 unspecified atom stereocenters. The van der Waals surface area contributed by atoms with Gasteiger partial charge >= 0.3 is 5.97 Å². The summed E-state index contributed by atoms with van der Waals surface area (Å²) in [6, 6.07) is 0. The number of hydrogen-bond donors (Lipinski definition) is 4. The molecule has 1 saturated heterocycles. The third-order valence-electron chi connectivity index (χ3n) is 6.93. The Kier molecular flexibility index (Phi) is 21.8. The molecular formula is C30H56O9. The van der Waals surface area contributed by atoms with Crippen molar-refractivity contribution in [3.05, 3.63) is 12.2 Å². The molecule has 0 bridgehead atoms. The Morgan fingerprint density at radius 1 is 0.795 bits per heavy atom. The molecule has 39 heavy (non-hydrogen) atoms. The van der Waals surface area contributed by atoms with Crippen molar-refractivity contribution in [2.24, 2.45) is 0 Å². The Morgan fingerprint density at radius 2 is 1.44 bits per heavy atom. The molecule has 230 valence electrons. The molecule has 6 atom stereocenters. The topological polar surface area (TPSA) is 135 Å². The molecule has 4 N–H and O–H groups in total. The van der Waals surface area contributed by atoms with Crippen LogP contribution in [0.3, 0.4) is 0 Å². The van der Waals surface area contributed by atoms with Gasteiger partial charge in [0.2, 0.25) is 0 Å². The Morgan fingerprint density at radius 3 is 2.13 bits per heavy atom. The molecule has 0 amide bonds. The maximum Gasteiger partial charge on any atom is 0.306 e. The second kappa shape index (κ2) is 23.6. The largest absolute Gasteiger partial charge is 0.457 e. The number of ether oxygens (including phenoxy) is 4. The highest BCUT2D eigenvalue weighted by molar-refractivity contribution is 5.69. The van der Waals surface area contributed by atoms with Gasteiger partial charge in [-0.05, 0) is 32.1 Å². The number of esters is 1. The quantitative estimate of drug-likeness (QED) is 0.0779. The lowest BCUT2D eigenvalue weighted by molar-refractivity contribution is -0.305. The first-order valence-corrected chi connectivity index (χ1v) is 15.3. The molecule has 1 rings (SSSR count). The number of unbranched alkanes of at least 4 members (excludes halogenated alkanes) is 11. The number of aliphatic hydroxyl groups is 4. The molecular weight excluding hydrogens is 504 g/mol. The van der Waals surface area contributed by atoms with E-state index in [-0.39, 0.29) is 19.2 Å². The summed E-state index contributed by atoms with van der Waals surface area (Å²) in [5.74, 6) is -0.336. The van der Waals surface area contributed by atoms with Crippen molar-refractivity contribution in [1.82, 2.24) is 0 Å². The number of carbonyl (C=O) groups excluding carboxylic acids is 1. The lowest BCUT2D eigenvalue weighted by Crippen LogP contribution is -2.59. The van der Waals surface area contributed by atoms with Gasteiger partial charge in [0, 0.05) is 13.0 Å². The Labute approximate surface area is 235 Å². The van der Waals surface area contributed by atoms with Crippen molar-refractivity contribution < 1.29 is 44.2 Å². The van der Waals surface area contributed by atoms with Crippen LogP contribution in [0.4, 0.5) is 0 Å². The van der Waals surface area contributed by atoms with Crippen molar-refractivity contribution in [3.63, 3.8) is 0 Å². The average molecular weight is 561 g/mol. The second-order valence-corrected chi connectivity index (χ2v) is 10.6. The zero-order valence-electron chi connectivity index (χ0n) is 24.4. The number of aliphatic hydroxyl groups excluding tert-OH is 4. The van der Waals surface area contributed by atoms with E-state index < -0.39 is 43.4 Å². The van der Waals surface area contributed by atoms with E-state index in [2.05, 4.69) is 26.0 Å². The van der Waals surface area contributed by atoms with Gasteiger partial charge in [0.05, 0.1) is 19.8 Å². The summed E-state index contributed by atoms with van der Waals surface area (Å²) in [7, 11) is 0. The molecule has 1 heterocycles. The standard InChI is InChI=1S/C30H56O9/c1-3-5-7-9-10-11-12-13-14-15-16-18-20-36-22-24(38-26(32)19-17-8-6-4-2)23-37-30-29(35)28(34)27(33)25(21-31)39-30/h9-10,24-25,27-31,33-35H,3-8,11-23H2,1-2H3/b10-9-. The van der Waals surface area contributed by atoms with Crippen LogP contribution in [0.15, 0.2) is 12.2 Å². The highest BCUT2D eigenvalue weighted by Crippen LogP contribution is 2.22. The number of allylic oxidation sites excluding steroid dienone is 2. The molecule has 0 aliphatic carbocycles. The fourth-order valence-corrected chi connectivity index (χ4v) is 4.41. The van der Waals surface area contributed by atoms with E-state index in [0.29, 0.717) is 13.0 Å². The van der Waals surface area contributed by atoms with Crippen molar-refractivity contribution in [2.45, 2.75) is 147 Å². The maximum atomic E-state index is 12.3. The predicted octanol–water partition coefficient (Wildman–Crippen LogP) is 4.18. The van der Waals surface area contributed by atoms with Gasteiger partial charge in [-0.2, -0.15) is 0 Å². The van der Waals surface area contributed by atoms with Crippen LogP contribution in [0.2, 0.25) is 0 Å². The predicted molar refractivity (Wildman–Crippen MR) is 150 cm³/mol. The third-order valence-corrected chi connectivity index (χ3v) is 6.93. The minimum Gasteiger partial charge on any atom is -0.457 e. The van der Waals surface area contributed by atoms with Gasteiger partial charge in [-0.25, -0.2) is 0 Å². The average Bonchev–Trinajstić information content (AvgIpc) is 2.93. The lowest BCUT2D eigenvalue weighted by atomic mass is 9.99. The van der Waals surface area contributed by atoms with Crippen molar-refractivity contribution in [3.8, 4) is 0 Å². The molecule has 0 spiro atoms. The monoisotopic (exact) mass is 560 g/mol. The summed E-state index contributed by atoms with van der Waals surface area (Å²) in [5.41, 5.74) is 0. The minimum atomic E-state index is -1.53. The summed E-state index contributed by atoms with van der Waals surface area (Å²) in [6.07, 6.45) is 12.9. The van der Waals surface area contributed by atoms with E-state index in [0.717, 1.165) is 44.9 Å². The van der Waals surface area contributed by atoms with Crippen LogP contribution in [0.1, 0.15) is 110 Å². The Bertz CT molecular complexity index is 613. The number of carbonyl (C=O) groups is 1. The zero-order chi connectivity index (χ0) is 28.7. The second-order valence-electron chi connectivity index (χ2n) is 10.6. The van der Waals surface area contributed by atoms with Crippen LogP contribution >= 0.6 is 0 Å². The van der Waals surface area contributed by atoms with Crippen LogP contribution in [0.5, 0.6) is 0 Å². The van der Waals surface area contributed by atoms with Gasteiger partial charge in [0.1, 0.15) is 30.5 Å². The molecule has 0 aromatic carbocycles. The Hall–Kier alpha value is -1.07. The molecule has 9 nitrogen and oxygen atoms in total. The van der Waals surface area contributed by atoms with E-state index in [1.54, 1.807) is 0 Å². The van der Waals surface area contributed by atoms with Crippen molar-refractivity contribution in [1.29, 1.82) is 0 Å². The molecule has 1 aliphatic heterocycles.